The van der Waals surface area contributed by atoms with Gasteiger partial charge in [-0.2, -0.15) is 23.4 Å². The van der Waals surface area contributed by atoms with Crippen molar-refractivity contribution in [3.63, 3.8) is 0 Å². The number of amides is 2. The molecule has 0 spiro atoms. The lowest BCUT2D eigenvalue weighted by Crippen LogP contribution is -2.18. The summed E-state index contributed by atoms with van der Waals surface area (Å²) in [4.78, 5) is 29.0. The van der Waals surface area contributed by atoms with Crippen molar-refractivity contribution in [2.24, 2.45) is 12.8 Å². The Morgan fingerprint density at radius 3 is 2.61 bits per heavy atom. The van der Waals surface area contributed by atoms with Crippen LogP contribution in [0.1, 0.15) is 31.5 Å². The molecule has 16 heteroatoms. The van der Waals surface area contributed by atoms with Gasteiger partial charge in [0.05, 0.1) is 16.9 Å². The molecule has 0 saturated carbocycles. The van der Waals surface area contributed by atoms with Crippen LogP contribution in [0.4, 0.5) is 18.9 Å². The molecular weight excluding hydrogens is 651 g/mol. The monoisotopic (exact) mass is 667 g/mol. The van der Waals surface area contributed by atoms with Crippen LogP contribution in [0, 0.1) is 6.92 Å². The average molecular weight is 669 g/mol. The standard InChI is InChI=1S/C25H18BrClF3N7O3S/c1-11-14(9-32-36(11)2)13-8-18(25(28,29)30)33-24-19(13)20(21(41-24)22(31)38)34-23(39)16-5-6-37(35-16)10-40-17-4-3-12(26)7-15(17)27/h3-9H,10H2,1-2H3,(H2,31,38)(H,34,39). The number of carbonyl (C=O) groups excluding carboxylic acids is 2. The highest BCUT2D eigenvalue weighted by Gasteiger charge is 2.35. The van der Waals surface area contributed by atoms with Gasteiger partial charge in [0.15, 0.2) is 12.4 Å². The van der Waals surface area contributed by atoms with Gasteiger partial charge >= 0.3 is 6.18 Å². The third-order valence-corrected chi connectivity index (χ3v) is 7.95. The van der Waals surface area contributed by atoms with Gasteiger partial charge in [-0.25, -0.2) is 9.67 Å². The number of halogens is 5. The minimum atomic E-state index is -4.77. The smallest absolute Gasteiger partial charge is 0.433 e. The Labute approximate surface area is 247 Å². The molecule has 41 heavy (non-hydrogen) atoms. The molecule has 0 saturated heterocycles. The molecule has 1 aromatic carbocycles. The number of aromatic nitrogens is 5. The fourth-order valence-electron chi connectivity index (χ4n) is 3.97. The molecule has 5 aromatic rings. The van der Waals surface area contributed by atoms with Crippen molar-refractivity contribution in [1.29, 1.82) is 0 Å². The maximum atomic E-state index is 13.8. The Balaban J connectivity index is 1.52. The Morgan fingerprint density at radius 2 is 1.98 bits per heavy atom. The van der Waals surface area contributed by atoms with E-state index in [2.05, 4.69) is 36.4 Å². The average Bonchev–Trinajstić information content (AvgIpc) is 3.61. The summed E-state index contributed by atoms with van der Waals surface area (Å²) >= 11 is 10.1. The highest BCUT2D eigenvalue weighted by molar-refractivity contribution is 9.10. The van der Waals surface area contributed by atoms with Crippen LogP contribution >= 0.6 is 38.9 Å². The number of rotatable bonds is 7. The normalized spacial score (nSPS) is 11.7. The first kappa shape index (κ1) is 28.6. The molecule has 0 atom stereocenters. The highest BCUT2D eigenvalue weighted by atomic mass is 79.9. The third-order valence-electron chi connectivity index (χ3n) is 6.06. The first-order valence-corrected chi connectivity index (χ1v) is 13.6. The van der Waals surface area contributed by atoms with E-state index >= 15 is 0 Å². The van der Waals surface area contributed by atoms with E-state index in [0.29, 0.717) is 33.4 Å². The maximum Gasteiger partial charge on any atom is 0.433 e. The van der Waals surface area contributed by atoms with Gasteiger partial charge < -0.3 is 15.8 Å². The number of anilines is 1. The summed E-state index contributed by atoms with van der Waals surface area (Å²) in [6.07, 6.45) is -1.88. The van der Waals surface area contributed by atoms with Crippen LogP contribution in [0.25, 0.3) is 21.3 Å². The number of nitrogens with one attached hydrogen (secondary N) is 1. The van der Waals surface area contributed by atoms with Crippen LogP contribution < -0.4 is 15.8 Å². The summed E-state index contributed by atoms with van der Waals surface area (Å²) in [5, 5.41) is 11.4. The van der Waals surface area contributed by atoms with Gasteiger partial charge in [0.25, 0.3) is 11.8 Å². The number of ether oxygens (including phenoxy) is 1. The highest BCUT2D eigenvalue weighted by Crippen LogP contribution is 2.44. The molecule has 4 heterocycles. The number of aryl methyl sites for hydroxylation is 1. The fourth-order valence-corrected chi connectivity index (χ4v) is 5.71. The first-order chi connectivity index (χ1) is 19.3. The molecule has 2 amide bonds. The molecule has 0 bridgehead atoms. The van der Waals surface area contributed by atoms with Crippen LogP contribution in [0.3, 0.4) is 0 Å². The van der Waals surface area contributed by atoms with Crippen molar-refractivity contribution >= 4 is 66.6 Å². The van der Waals surface area contributed by atoms with Gasteiger partial charge in [0.1, 0.15) is 21.2 Å². The predicted molar refractivity (Wildman–Crippen MR) is 150 cm³/mol. The van der Waals surface area contributed by atoms with E-state index in [0.717, 1.165) is 10.5 Å². The third kappa shape index (κ3) is 5.64. The van der Waals surface area contributed by atoms with E-state index in [1.165, 1.54) is 27.8 Å². The summed E-state index contributed by atoms with van der Waals surface area (Å²) < 4.78 is 50.5. The van der Waals surface area contributed by atoms with Crippen LogP contribution in [-0.4, -0.2) is 36.4 Å². The number of nitrogens with two attached hydrogens (primary N) is 1. The molecular formula is C25H18BrClF3N7O3S. The number of hydrogen-bond acceptors (Lipinski definition) is 7. The van der Waals surface area contributed by atoms with Crippen molar-refractivity contribution in [2.75, 3.05) is 5.32 Å². The van der Waals surface area contributed by atoms with E-state index < -0.39 is 23.7 Å². The molecule has 5 rings (SSSR count). The largest absolute Gasteiger partial charge is 0.470 e. The molecule has 10 nitrogen and oxygen atoms in total. The number of benzene rings is 1. The number of thiophene rings is 1. The number of carbonyl (C=O) groups is 2. The second-order valence-corrected chi connectivity index (χ2v) is 11.0. The van der Waals surface area contributed by atoms with Gasteiger partial charge in [0.2, 0.25) is 0 Å². The van der Waals surface area contributed by atoms with Crippen molar-refractivity contribution < 1.29 is 27.5 Å². The molecule has 3 N–H and O–H groups in total. The number of fused-ring (bicyclic) bond motifs is 1. The van der Waals surface area contributed by atoms with Crippen LogP contribution in [0.5, 0.6) is 5.75 Å². The van der Waals surface area contributed by atoms with E-state index in [1.807, 2.05) is 0 Å². The number of hydrogen-bond donors (Lipinski definition) is 2. The zero-order valence-corrected chi connectivity index (χ0v) is 24.2. The van der Waals surface area contributed by atoms with Crippen LogP contribution in [-0.2, 0) is 20.0 Å². The van der Waals surface area contributed by atoms with Crippen molar-refractivity contribution in [3.05, 3.63) is 74.2 Å². The lowest BCUT2D eigenvalue weighted by molar-refractivity contribution is -0.140. The van der Waals surface area contributed by atoms with Gasteiger partial charge in [-0.3, -0.25) is 14.3 Å². The molecule has 0 aliphatic rings. The topological polar surface area (TPSA) is 130 Å². The predicted octanol–water partition coefficient (Wildman–Crippen LogP) is 6.02. The minimum absolute atomic E-state index is 0.0516. The van der Waals surface area contributed by atoms with Crippen molar-refractivity contribution in [3.8, 4) is 16.9 Å². The molecule has 0 aliphatic carbocycles. The van der Waals surface area contributed by atoms with E-state index in [1.54, 1.807) is 32.2 Å². The maximum absolute atomic E-state index is 13.8. The zero-order chi connectivity index (χ0) is 29.6. The van der Waals surface area contributed by atoms with E-state index in [4.69, 9.17) is 22.1 Å². The second kappa shape index (κ2) is 10.8. The summed E-state index contributed by atoms with van der Waals surface area (Å²) in [7, 11) is 1.64. The number of primary amides is 1. The van der Waals surface area contributed by atoms with E-state index in [-0.39, 0.29) is 38.8 Å². The second-order valence-electron chi connectivity index (χ2n) is 8.71. The summed E-state index contributed by atoms with van der Waals surface area (Å²) in [5.74, 6) is -1.28. The van der Waals surface area contributed by atoms with Gasteiger partial charge in [0, 0.05) is 34.4 Å². The molecule has 0 aliphatic heterocycles. The molecule has 4 aromatic heterocycles. The zero-order valence-electron chi connectivity index (χ0n) is 21.1. The quantitative estimate of drug-likeness (QED) is 0.218. The molecule has 0 radical (unpaired) electrons. The fraction of sp³-hybridized carbons (Fsp3) is 0.160. The summed E-state index contributed by atoms with van der Waals surface area (Å²) in [6.45, 7) is 1.61. The number of pyridine rings is 1. The van der Waals surface area contributed by atoms with Gasteiger partial charge in [-0.1, -0.05) is 27.5 Å². The van der Waals surface area contributed by atoms with Crippen molar-refractivity contribution in [2.45, 2.75) is 19.8 Å². The molecule has 0 unspecified atom stereocenters. The number of nitrogens with zero attached hydrogens (tertiary/aromatic N) is 5. The lowest BCUT2D eigenvalue weighted by Gasteiger charge is -2.12. The lowest BCUT2D eigenvalue weighted by atomic mass is 10.0. The van der Waals surface area contributed by atoms with Gasteiger partial charge in [-0.15, -0.1) is 11.3 Å². The van der Waals surface area contributed by atoms with Crippen LogP contribution in [0.2, 0.25) is 5.02 Å². The number of alkyl halides is 3. The Morgan fingerprint density at radius 1 is 1.22 bits per heavy atom. The van der Waals surface area contributed by atoms with Crippen molar-refractivity contribution in [1.82, 2.24) is 24.5 Å². The Bertz CT molecular complexity index is 1830. The van der Waals surface area contributed by atoms with E-state index in [9.17, 15) is 22.8 Å². The minimum Gasteiger partial charge on any atom is -0.470 e. The summed E-state index contributed by atoms with van der Waals surface area (Å²) in [6, 6.07) is 7.34. The Hall–Kier alpha value is -3.95. The van der Waals surface area contributed by atoms with Gasteiger partial charge in [-0.05, 0) is 42.8 Å². The van der Waals surface area contributed by atoms with Crippen LogP contribution in [0.15, 0.2) is 47.2 Å². The Kier molecular flexibility index (Phi) is 7.52. The molecule has 212 valence electrons. The molecule has 0 fully saturated rings. The first-order valence-electron chi connectivity index (χ1n) is 11.6. The SMILES string of the molecule is Cc1c(-c2cc(C(F)(F)F)nc3sc(C(N)=O)c(NC(=O)c4ccn(COc5ccc(Br)cc5Cl)n4)c23)cnn1C. The summed E-state index contributed by atoms with van der Waals surface area (Å²) in [5.41, 5.74) is 5.27.